The lowest BCUT2D eigenvalue weighted by atomic mass is 10.0. The highest BCUT2D eigenvalue weighted by molar-refractivity contribution is 6.39. The number of ether oxygens (including phenoxy) is 1. The van der Waals surface area contributed by atoms with Gasteiger partial charge in [0.25, 0.3) is 5.91 Å². The number of nitrogens with two attached hydrogens (primary N) is 1. The quantitative estimate of drug-likeness (QED) is 0.414. The third-order valence-corrected chi connectivity index (χ3v) is 5.34. The van der Waals surface area contributed by atoms with Crippen LogP contribution in [0.15, 0.2) is 54.9 Å². The molecule has 2 aromatic heterocycles. The first-order valence-corrected chi connectivity index (χ1v) is 10.3. The fourth-order valence-corrected chi connectivity index (χ4v) is 3.82. The number of anilines is 2. The van der Waals surface area contributed by atoms with Gasteiger partial charge in [-0.3, -0.25) is 9.20 Å². The summed E-state index contributed by atoms with van der Waals surface area (Å²) in [6.45, 7) is 1.79. The highest BCUT2D eigenvalue weighted by Crippen LogP contribution is 2.41. The molecule has 0 saturated heterocycles. The van der Waals surface area contributed by atoms with E-state index in [-0.39, 0.29) is 6.61 Å². The van der Waals surface area contributed by atoms with Gasteiger partial charge in [-0.15, -0.1) is 0 Å². The van der Waals surface area contributed by atoms with Crippen LogP contribution in [0.3, 0.4) is 0 Å². The summed E-state index contributed by atoms with van der Waals surface area (Å²) in [5.41, 5.74) is 8.15. The largest absolute Gasteiger partial charge is 0.483 e. The lowest BCUT2D eigenvalue weighted by Crippen LogP contribution is -2.20. The Balaban J connectivity index is 1.95. The molecular formula is C22H19Cl2N5O2. The number of aryl methyl sites for hydroxylation is 1. The minimum Gasteiger partial charge on any atom is -0.483 e. The Morgan fingerprint density at radius 3 is 2.61 bits per heavy atom. The second-order valence-electron chi connectivity index (χ2n) is 6.72. The van der Waals surface area contributed by atoms with Crippen molar-refractivity contribution < 1.29 is 9.53 Å². The monoisotopic (exact) mass is 455 g/mol. The Morgan fingerprint density at radius 2 is 1.90 bits per heavy atom. The minimum absolute atomic E-state index is 0.245. The van der Waals surface area contributed by atoms with Crippen molar-refractivity contribution in [1.82, 2.24) is 14.4 Å². The number of carbonyl (C=O) groups is 1. The molecule has 2 aromatic carbocycles. The zero-order valence-electron chi connectivity index (χ0n) is 16.6. The lowest BCUT2D eigenvalue weighted by molar-refractivity contribution is -0.119. The van der Waals surface area contributed by atoms with E-state index < -0.39 is 5.91 Å². The topological polar surface area (TPSA) is 94.5 Å². The summed E-state index contributed by atoms with van der Waals surface area (Å²) in [5, 5.41) is 4.25. The van der Waals surface area contributed by atoms with Crippen molar-refractivity contribution in [2.45, 2.75) is 13.3 Å². The number of rotatable bonds is 7. The Labute approximate surface area is 188 Å². The highest BCUT2D eigenvalue weighted by atomic mass is 35.5. The SMILES string of the molecule is CCc1cccc(OCC(N)=O)c1-c1nc2ncccn2c1Nc1c(Cl)cccc1Cl. The van der Waals surface area contributed by atoms with Gasteiger partial charge in [0.1, 0.15) is 17.3 Å². The molecule has 4 rings (SSSR count). The fraction of sp³-hybridized carbons (Fsp3) is 0.136. The number of hydrogen-bond donors (Lipinski definition) is 2. The van der Waals surface area contributed by atoms with Gasteiger partial charge in [-0.25, -0.2) is 9.97 Å². The molecule has 0 atom stereocenters. The smallest absolute Gasteiger partial charge is 0.255 e. The maximum absolute atomic E-state index is 11.3. The zero-order valence-corrected chi connectivity index (χ0v) is 18.1. The van der Waals surface area contributed by atoms with E-state index in [4.69, 9.17) is 38.7 Å². The standard InChI is InChI=1S/C22H19Cl2N5O2/c1-2-13-6-3-9-16(31-12-17(25)30)18(13)20-21(29-11-5-10-26-22(29)28-20)27-19-14(23)7-4-8-15(19)24/h3-11,27H,2,12H2,1H3,(H2,25,30). The number of nitrogens with zero attached hydrogens (tertiary/aromatic N) is 3. The number of nitrogens with one attached hydrogen (secondary N) is 1. The van der Waals surface area contributed by atoms with E-state index in [0.717, 1.165) is 17.5 Å². The summed E-state index contributed by atoms with van der Waals surface area (Å²) in [6, 6.07) is 12.7. The van der Waals surface area contributed by atoms with Crippen LogP contribution in [0.2, 0.25) is 10.0 Å². The number of fused-ring (bicyclic) bond motifs is 1. The molecule has 0 aliphatic carbocycles. The van der Waals surface area contributed by atoms with Crippen LogP contribution in [0.25, 0.3) is 17.0 Å². The summed E-state index contributed by atoms with van der Waals surface area (Å²) >= 11 is 12.8. The minimum atomic E-state index is -0.564. The van der Waals surface area contributed by atoms with E-state index in [9.17, 15) is 4.79 Å². The van der Waals surface area contributed by atoms with Crippen molar-refractivity contribution in [1.29, 1.82) is 0 Å². The third-order valence-electron chi connectivity index (χ3n) is 4.71. The maximum Gasteiger partial charge on any atom is 0.255 e. The van der Waals surface area contributed by atoms with Gasteiger partial charge in [-0.2, -0.15) is 0 Å². The molecule has 0 saturated carbocycles. The molecule has 3 N–H and O–H groups in total. The van der Waals surface area contributed by atoms with E-state index in [1.165, 1.54) is 0 Å². The van der Waals surface area contributed by atoms with E-state index in [2.05, 4.69) is 10.3 Å². The van der Waals surface area contributed by atoms with E-state index in [1.807, 2.05) is 25.3 Å². The first-order valence-electron chi connectivity index (χ1n) is 9.57. The molecule has 0 bridgehead atoms. The predicted octanol–water partition coefficient (Wildman–Crippen LogP) is 4.87. The first-order chi connectivity index (χ1) is 15.0. The average molecular weight is 456 g/mol. The lowest BCUT2D eigenvalue weighted by Gasteiger charge is -2.16. The molecule has 7 nitrogen and oxygen atoms in total. The van der Waals surface area contributed by atoms with Crippen molar-refractivity contribution >= 4 is 46.4 Å². The number of primary amides is 1. The molecule has 0 spiro atoms. The van der Waals surface area contributed by atoms with Crippen molar-refractivity contribution in [3.63, 3.8) is 0 Å². The van der Waals surface area contributed by atoms with Crippen molar-refractivity contribution in [2.75, 3.05) is 11.9 Å². The predicted molar refractivity (Wildman–Crippen MR) is 122 cm³/mol. The first kappa shape index (κ1) is 21.0. The molecule has 9 heteroatoms. The van der Waals surface area contributed by atoms with Crippen LogP contribution >= 0.6 is 23.2 Å². The van der Waals surface area contributed by atoms with Crippen LogP contribution in [-0.4, -0.2) is 26.9 Å². The third kappa shape index (κ3) is 4.15. The molecule has 1 amide bonds. The number of halogens is 2. The second-order valence-corrected chi connectivity index (χ2v) is 7.53. The second kappa shape index (κ2) is 8.83. The molecule has 0 aliphatic rings. The Hall–Kier alpha value is -3.29. The normalized spacial score (nSPS) is 10.9. The van der Waals surface area contributed by atoms with E-state index >= 15 is 0 Å². The van der Waals surface area contributed by atoms with Gasteiger partial charge < -0.3 is 15.8 Å². The van der Waals surface area contributed by atoms with Crippen LogP contribution in [0.5, 0.6) is 5.75 Å². The van der Waals surface area contributed by atoms with Crippen molar-refractivity contribution in [3.05, 3.63) is 70.5 Å². The number of aromatic nitrogens is 3. The summed E-state index contributed by atoms with van der Waals surface area (Å²) in [6.07, 6.45) is 4.22. The molecule has 31 heavy (non-hydrogen) atoms. The van der Waals surface area contributed by atoms with Crippen molar-refractivity contribution in [3.8, 4) is 17.0 Å². The van der Waals surface area contributed by atoms with Gasteiger partial charge in [0.05, 0.1) is 15.7 Å². The van der Waals surface area contributed by atoms with Gasteiger partial charge in [0, 0.05) is 18.0 Å². The number of imidazole rings is 1. The van der Waals surface area contributed by atoms with Crippen LogP contribution in [0, 0.1) is 0 Å². The van der Waals surface area contributed by atoms with Gasteiger partial charge in [-0.1, -0.05) is 48.3 Å². The van der Waals surface area contributed by atoms with Crippen LogP contribution in [0.4, 0.5) is 11.5 Å². The van der Waals surface area contributed by atoms with E-state index in [1.54, 1.807) is 40.9 Å². The molecule has 0 aliphatic heterocycles. The van der Waals surface area contributed by atoms with Crippen LogP contribution in [0.1, 0.15) is 12.5 Å². The molecule has 0 radical (unpaired) electrons. The van der Waals surface area contributed by atoms with Gasteiger partial charge in [0.15, 0.2) is 6.61 Å². The number of benzene rings is 2. The van der Waals surface area contributed by atoms with Gasteiger partial charge >= 0.3 is 0 Å². The summed E-state index contributed by atoms with van der Waals surface area (Å²) in [5.74, 6) is 1.03. The number of amides is 1. The maximum atomic E-state index is 11.3. The molecule has 2 heterocycles. The molecule has 0 fully saturated rings. The molecule has 0 unspecified atom stereocenters. The fourth-order valence-electron chi connectivity index (χ4n) is 3.33. The Bertz CT molecular complexity index is 1250. The van der Waals surface area contributed by atoms with Crippen LogP contribution < -0.4 is 15.8 Å². The van der Waals surface area contributed by atoms with Gasteiger partial charge in [-0.05, 0) is 36.2 Å². The van der Waals surface area contributed by atoms with Crippen LogP contribution in [-0.2, 0) is 11.2 Å². The Kier molecular flexibility index (Phi) is 5.97. The summed E-state index contributed by atoms with van der Waals surface area (Å²) in [4.78, 5) is 20.4. The number of hydrogen-bond acceptors (Lipinski definition) is 5. The molecule has 4 aromatic rings. The van der Waals surface area contributed by atoms with E-state index in [0.29, 0.717) is 38.8 Å². The Morgan fingerprint density at radius 1 is 1.16 bits per heavy atom. The highest BCUT2D eigenvalue weighted by Gasteiger charge is 2.22. The summed E-state index contributed by atoms with van der Waals surface area (Å²) < 4.78 is 7.52. The average Bonchev–Trinajstić information content (AvgIpc) is 3.12. The summed E-state index contributed by atoms with van der Waals surface area (Å²) in [7, 11) is 0. The number of carbonyl (C=O) groups excluding carboxylic acids is 1. The molecular weight excluding hydrogens is 437 g/mol. The van der Waals surface area contributed by atoms with Gasteiger partial charge in [0.2, 0.25) is 5.78 Å². The zero-order chi connectivity index (χ0) is 22.0. The number of para-hydroxylation sites is 1. The molecule has 158 valence electrons. The van der Waals surface area contributed by atoms with Crippen molar-refractivity contribution in [2.24, 2.45) is 5.73 Å².